The molecule has 7 nitrogen and oxygen atoms in total. The Bertz CT molecular complexity index is 540. The van der Waals surface area contributed by atoms with Crippen molar-refractivity contribution in [3.63, 3.8) is 0 Å². The summed E-state index contributed by atoms with van der Waals surface area (Å²) in [6, 6.07) is 0.00301. The van der Waals surface area contributed by atoms with E-state index in [1.165, 1.54) is 0 Å². The molecular formula is C17H29N5O2. The van der Waals surface area contributed by atoms with Crippen LogP contribution in [0.15, 0.2) is 12.4 Å². The Hall–Kier alpha value is -1.47. The van der Waals surface area contributed by atoms with Gasteiger partial charge in [0.1, 0.15) is 0 Å². The number of morpholine rings is 1. The smallest absolute Gasteiger partial charge is 0.239 e. The van der Waals surface area contributed by atoms with E-state index in [9.17, 15) is 4.79 Å². The number of piperidine rings is 1. The van der Waals surface area contributed by atoms with Gasteiger partial charge in [0.2, 0.25) is 5.91 Å². The van der Waals surface area contributed by atoms with Crippen LogP contribution in [0.3, 0.4) is 0 Å². The standard InChI is InChI=1S/C17H29N5O2/c1-17(2,3)13-21-7-4-5-15(16(21)23)20-9-10-24-14(11-20)12-22-8-6-18-19-22/h6,8,14-15H,4-5,7,9-13H2,1-3H3. The summed E-state index contributed by atoms with van der Waals surface area (Å²) in [6.07, 6.45) is 5.62. The highest BCUT2D eigenvalue weighted by molar-refractivity contribution is 5.82. The molecule has 7 heteroatoms. The average molecular weight is 335 g/mol. The van der Waals surface area contributed by atoms with Crippen LogP contribution in [0.4, 0.5) is 0 Å². The minimum absolute atomic E-state index is 0.00301. The number of nitrogens with zero attached hydrogens (tertiary/aromatic N) is 5. The first-order valence-electron chi connectivity index (χ1n) is 8.91. The van der Waals surface area contributed by atoms with Gasteiger partial charge in [-0.3, -0.25) is 9.69 Å². The van der Waals surface area contributed by atoms with Crippen LogP contribution in [0.25, 0.3) is 0 Å². The monoisotopic (exact) mass is 335 g/mol. The maximum absolute atomic E-state index is 12.9. The Morgan fingerprint density at radius 2 is 2.17 bits per heavy atom. The van der Waals surface area contributed by atoms with Crippen LogP contribution in [0.2, 0.25) is 0 Å². The third kappa shape index (κ3) is 4.33. The van der Waals surface area contributed by atoms with Crippen molar-refractivity contribution >= 4 is 5.91 Å². The van der Waals surface area contributed by atoms with Crippen molar-refractivity contribution in [3.05, 3.63) is 12.4 Å². The summed E-state index contributed by atoms with van der Waals surface area (Å²) in [5, 5.41) is 7.84. The molecule has 0 spiro atoms. The topological polar surface area (TPSA) is 63.5 Å². The second kappa shape index (κ2) is 7.19. The molecule has 24 heavy (non-hydrogen) atoms. The highest BCUT2D eigenvalue weighted by Gasteiger charge is 2.37. The summed E-state index contributed by atoms with van der Waals surface area (Å²) in [4.78, 5) is 17.3. The first-order chi connectivity index (χ1) is 11.4. The van der Waals surface area contributed by atoms with E-state index in [2.05, 4.69) is 40.9 Å². The summed E-state index contributed by atoms with van der Waals surface area (Å²) in [5.74, 6) is 0.289. The number of hydrogen-bond acceptors (Lipinski definition) is 5. The van der Waals surface area contributed by atoms with E-state index >= 15 is 0 Å². The number of carbonyl (C=O) groups excluding carboxylic acids is 1. The molecule has 0 aromatic carbocycles. The number of ether oxygens (including phenoxy) is 1. The molecule has 3 heterocycles. The fraction of sp³-hybridized carbons (Fsp3) is 0.824. The number of amides is 1. The normalized spacial score (nSPS) is 26.8. The highest BCUT2D eigenvalue weighted by atomic mass is 16.5. The average Bonchev–Trinajstić information content (AvgIpc) is 3.01. The Morgan fingerprint density at radius 1 is 1.33 bits per heavy atom. The largest absolute Gasteiger partial charge is 0.374 e. The molecule has 3 rings (SSSR count). The van der Waals surface area contributed by atoms with Crippen LogP contribution < -0.4 is 0 Å². The lowest BCUT2D eigenvalue weighted by atomic mass is 9.93. The van der Waals surface area contributed by atoms with Crippen LogP contribution in [-0.4, -0.2) is 75.6 Å². The van der Waals surface area contributed by atoms with Crippen molar-refractivity contribution in [1.82, 2.24) is 24.8 Å². The Labute approximate surface area is 143 Å². The van der Waals surface area contributed by atoms with E-state index in [-0.39, 0.29) is 23.5 Å². The van der Waals surface area contributed by atoms with Gasteiger partial charge in [0, 0.05) is 32.4 Å². The van der Waals surface area contributed by atoms with E-state index in [0.717, 1.165) is 39.0 Å². The maximum Gasteiger partial charge on any atom is 0.239 e. The quantitative estimate of drug-likeness (QED) is 0.822. The van der Waals surface area contributed by atoms with E-state index in [0.29, 0.717) is 13.2 Å². The molecule has 2 aliphatic rings. The van der Waals surface area contributed by atoms with Crippen LogP contribution in [-0.2, 0) is 16.1 Å². The van der Waals surface area contributed by atoms with Gasteiger partial charge in [-0.05, 0) is 18.3 Å². The zero-order valence-corrected chi connectivity index (χ0v) is 15.0. The minimum atomic E-state index is 0.00301. The summed E-state index contributed by atoms with van der Waals surface area (Å²) in [7, 11) is 0. The molecule has 2 fully saturated rings. The summed E-state index contributed by atoms with van der Waals surface area (Å²) in [5.41, 5.74) is 0.137. The maximum atomic E-state index is 12.9. The number of likely N-dealkylation sites (tertiary alicyclic amines) is 1. The lowest BCUT2D eigenvalue weighted by Crippen LogP contribution is -2.58. The third-order valence-corrected chi connectivity index (χ3v) is 4.64. The zero-order valence-electron chi connectivity index (χ0n) is 15.0. The minimum Gasteiger partial charge on any atom is -0.374 e. The molecule has 134 valence electrons. The lowest BCUT2D eigenvalue weighted by molar-refractivity contribution is -0.145. The number of rotatable bonds is 4. The Balaban J connectivity index is 1.61. The molecule has 2 atom stereocenters. The van der Waals surface area contributed by atoms with Crippen LogP contribution in [0, 0.1) is 5.41 Å². The van der Waals surface area contributed by atoms with Gasteiger partial charge in [-0.25, -0.2) is 4.68 Å². The molecule has 1 aromatic heterocycles. The molecule has 0 bridgehead atoms. The summed E-state index contributed by atoms with van der Waals surface area (Å²) in [6.45, 7) is 11.2. The van der Waals surface area contributed by atoms with E-state index in [4.69, 9.17) is 4.74 Å². The van der Waals surface area contributed by atoms with Gasteiger partial charge >= 0.3 is 0 Å². The number of hydrogen-bond donors (Lipinski definition) is 0. The molecule has 2 aliphatic heterocycles. The lowest BCUT2D eigenvalue weighted by Gasteiger charge is -2.43. The van der Waals surface area contributed by atoms with Gasteiger partial charge in [-0.15, -0.1) is 5.10 Å². The second-order valence-electron chi connectivity index (χ2n) is 8.09. The van der Waals surface area contributed by atoms with Gasteiger partial charge in [0.15, 0.2) is 0 Å². The highest BCUT2D eigenvalue weighted by Crippen LogP contribution is 2.24. The second-order valence-corrected chi connectivity index (χ2v) is 8.09. The van der Waals surface area contributed by atoms with Crippen molar-refractivity contribution in [3.8, 4) is 0 Å². The Kier molecular flexibility index (Phi) is 5.20. The van der Waals surface area contributed by atoms with Crippen LogP contribution in [0.1, 0.15) is 33.6 Å². The summed E-state index contributed by atoms with van der Waals surface area (Å²) < 4.78 is 7.65. The molecule has 2 unspecified atom stereocenters. The van der Waals surface area contributed by atoms with Crippen LogP contribution in [0.5, 0.6) is 0 Å². The number of aromatic nitrogens is 3. The van der Waals surface area contributed by atoms with Crippen molar-refractivity contribution < 1.29 is 9.53 Å². The van der Waals surface area contributed by atoms with E-state index in [1.807, 2.05) is 6.20 Å². The molecule has 0 N–H and O–H groups in total. The van der Waals surface area contributed by atoms with Gasteiger partial charge < -0.3 is 9.64 Å². The molecular weight excluding hydrogens is 306 g/mol. The van der Waals surface area contributed by atoms with Crippen molar-refractivity contribution in [2.24, 2.45) is 5.41 Å². The molecule has 2 saturated heterocycles. The van der Waals surface area contributed by atoms with Gasteiger partial charge in [0.25, 0.3) is 0 Å². The van der Waals surface area contributed by atoms with Gasteiger partial charge in [-0.1, -0.05) is 26.0 Å². The molecule has 1 amide bonds. The molecule has 0 radical (unpaired) electrons. The van der Waals surface area contributed by atoms with Gasteiger partial charge in [0.05, 0.1) is 31.5 Å². The molecule has 0 saturated carbocycles. The van der Waals surface area contributed by atoms with Crippen LogP contribution >= 0.6 is 0 Å². The fourth-order valence-electron chi connectivity index (χ4n) is 3.66. The first kappa shape index (κ1) is 17.4. The van der Waals surface area contributed by atoms with Gasteiger partial charge in [-0.2, -0.15) is 0 Å². The fourth-order valence-corrected chi connectivity index (χ4v) is 3.66. The molecule has 0 aliphatic carbocycles. The van der Waals surface area contributed by atoms with E-state index < -0.39 is 0 Å². The van der Waals surface area contributed by atoms with Crippen molar-refractivity contribution in [2.45, 2.75) is 52.3 Å². The van der Waals surface area contributed by atoms with Crippen molar-refractivity contribution in [2.75, 3.05) is 32.8 Å². The Morgan fingerprint density at radius 3 is 2.88 bits per heavy atom. The SMILES string of the molecule is CC(C)(C)CN1CCCC(N2CCOC(Cn3ccnn3)C2)C1=O. The first-order valence-corrected chi connectivity index (χ1v) is 8.91. The van der Waals surface area contributed by atoms with E-state index in [1.54, 1.807) is 10.9 Å². The third-order valence-electron chi connectivity index (χ3n) is 4.64. The predicted octanol–water partition coefficient (Wildman–Crippen LogP) is 1.02. The van der Waals surface area contributed by atoms with Crippen molar-refractivity contribution in [1.29, 1.82) is 0 Å². The summed E-state index contributed by atoms with van der Waals surface area (Å²) >= 11 is 0. The predicted molar refractivity (Wildman–Crippen MR) is 90.4 cm³/mol. The zero-order chi connectivity index (χ0) is 17.2. The number of carbonyl (C=O) groups is 1. The molecule has 1 aromatic rings.